The van der Waals surface area contributed by atoms with Crippen LogP contribution in [0, 0.1) is 0 Å². The smallest absolute Gasteiger partial charge is 0.354 e. The molecule has 0 radical (unpaired) electrons. The summed E-state index contributed by atoms with van der Waals surface area (Å²) in [5.41, 5.74) is 1.84. The van der Waals surface area contributed by atoms with Crippen molar-refractivity contribution >= 4 is 11.9 Å². The second-order valence-corrected chi connectivity index (χ2v) is 2.35. The zero-order valence-corrected chi connectivity index (χ0v) is 7.35. The van der Waals surface area contributed by atoms with Gasteiger partial charge in [-0.05, 0) is 12.1 Å². The summed E-state index contributed by atoms with van der Waals surface area (Å²) in [6, 6.07) is 4.12. The third-order valence-electron chi connectivity index (χ3n) is 1.40. The van der Waals surface area contributed by atoms with E-state index in [0.717, 1.165) is 0 Å². The molecule has 0 aromatic carbocycles. The summed E-state index contributed by atoms with van der Waals surface area (Å²) in [7, 11) is 1.28. The van der Waals surface area contributed by atoms with E-state index >= 15 is 0 Å². The number of carboxylic acids is 1. The maximum atomic E-state index is 11.1. The van der Waals surface area contributed by atoms with Gasteiger partial charge in [0.2, 0.25) is 0 Å². The fraction of sp³-hybridized carbons (Fsp3) is 0.125. The predicted molar refractivity (Wildman–Crippen MR) is 45.7 cm³/mol. The van der Waals surface area contributed by atoms with Gasteiger partial charge in [0, 0.05) is 0 Å². The van der Waals surface area contributed by atoms with Crippen LogP contribution in [0.1, 0.15) is 21.0 Å². The zero-order chi connectivity index (χ0) is 10.6. The molecule has 0 saturated heterocycles. The summed E-state index contributed by atoms with van der Waals surface area (Å²) < 4.78 is 0. The molecule has 1 aromatic heterocycles. The molecule has 74 valence electrons. The lowest BCUT2D eigenvalue weighted by atomic mass is 10.3. The number of pyridine rings is 1. The molecule has 0 aliphatic rings. The fourth-order valence-corrected chi connectivity index (χ4v) is 0.825. The van der Waals surface area contributed by atoms with Crippen LogP contribution in [0.3, 0.4) is 0 Å². The first-order valence-corrected chi connectivity index (χ1v) is 3.69. The van der Waals surface area contributed by atoms with Gasteiger partial charge in [0.15, 0.2) is 0 Å². The average molecular weight is 196 g/mol. The minimum Gasteiger partial charge on any atom is -0.477 e. The first-order valence-electron chi connectivity index (χ1n) is 3.69. The van der Waals surface area contributed by atoms with E-state index in [9.17, 15) is 9.59 Å². The van der Waals surface area contributed by atoms with Crippen molar-refractivity contribution in [2.24, 2.45) is 0 Å². The van der Waals surface area contributed by atoms with E-state index in [4.69, 9.17) is 5.11 Å². The Kier molecular flexibility index (Phi) is 3.14. The molecule has 1 heterocycles. The highest BCUT2D eigenvalue weighted by molar-refractivity contribution is 5.93. The van der Waals surface area contributed by atoms with Gasteiger partial charge in [-0.1, -0.05) is 6.07 Å². The van der Waals surface area contributed by atoms with Gasteiger partial charge in [0.25, 0.3) is 5.91 Å². The van der Waals surface area contributed by atoms with Crippen molar-refractivity contribution in [1.82, 2.24) is 10.5 Å². The highest BCUT2D eigenvalue weighted by atomic mass is 16.6. The summed E-state index contributed by atoms with van der Waals surface area (Å²) in [5.74, 6) is -1.77. The SMILES string of the molecule is CONC(=O)c1cccc(C(=O)O)n1. The Bertz CT molecular complexity index is 364. The standard InChI is InChI=1S/C8H8N2O4/c1-14-10-7(11)5-3-2-4-6(9-5)8(12)13/h2-4H,1H3,(H,10,11)(H,12,13). The summed E-state index contributed by atoms with van der Waals surface area (Å²) in [4.78, 5) is 29.6. The molecule has 2 N–H and O–H groups in total. The average Bonchev–Trinajstić information content (AvgIpc) is 2.18. The molecular formula is C8H8N2O4. The number of carbonyl (C=O) groups is 2. The number of carboxylic acid groups (broad SMARTS) is 1. The monoisotopic (exact) mass is 196 g/mol. The second-order valence-electron chi connectivity index (χ2n) is 2.35. The number of nitrogens with zero attached hydrogens (tertiary/aromatic N) is 1. The van der Waals surface area contributed by atoms with Crippen molar-refractivity contribution in [3.63, 3.8) is 0 Å². The van der Waals surface area contributed by atoms with Crippen LogP contribution in [0.4, 0.5) is 0 Å². The van der Waals surface area contributed by atoms with Gasteiger partial charge < -0.3 is 5.11 Å². The summed E-state index contributed by atoms with van der Waals surface area (Å²) in [6.45, 7) is 0. The molecule has 0 aliphatic heterocycles. The number of rotatable bonds is 3. The van der Waals surface area contributed by atoms with Gasteiger partial charge in [-0.3, -0.25) is 9.63 Å². The molecule has 6 heteroatoms. The van der Waals surface area contributed by atoms with Gasteiger partial charge in [-0.15, -0.1) is 0 Å². The van der Waals surface area contributed by atoms with E-state index in [-0.39, 0.29) is 11.4 Å². The lowest BCUT2D eigenvalue weighted by Gasteiger charge is -2.01. The van der Waals surface area contributed by atoms with E-state index in [1.54, 1.807) is 0 Å². The van der Waals surface area contributed by atoms with Crippen LogP contribution in [0.25, 0.3) is 0 Å². The third kappa shape index (κ3) is 2.27. The number of aromatic carboxylic acids is 1. The van der Waals surface area contributed by atoms with Crippen LogP contribution < -0.4 is 5.48 Å². The predicted octanol–water partition coefficient (Wildman–Crippen LogP) is 0.0710. The Labute approximate surface area is 79.5 Å². The number of aromatic nitrogens is 1. The molecule has 0 aliphatic carbocycles. The lowest BCUT2D eigenvalue weighted by molar-refractivity contribution is 0.0532. The van der Waals surface area contributed by atoms with Crippen LogP contribution in [0.2, 0.25) is 0 Å². The molecule has 6 nitrogen and oxygen atoms in total. The van der Waals surface area contributed by atoms with E-state index in [2.05, 4.69) is 9.82 Å². The van der Waals surface area contributed by atoms with Crippen LogP contribution >= 0.6 is 0 Å². The number of carbonyl (C=O) groups excluding carboxylic acids is 1. The molecule has 0 saturated carbocycles. The molecule has 1 amide bonds. The number of hydrogen-bond acceptors (Lipinski definition) is 4. The first-order chi connectivity index (χ1) is 6.65. The van der Waals surface area contributed by atoms with Gasteiger partial charge >= 0.3 is 5.97 Å². The highest BCUT2D eigenvalue weighted by Crippen LogP contribution is 1.99. The molecule has 14 heavy (non-hydrogen) atoms. The molecule has 1 aromatic rings. The highest BCUT2D eigenvalue weighted by Gasteiger charge is 2.10. The van der Waals surface area contributed by atoms with Crippen molar-refractivity contribution in [2.45, 2.75) is 0 Å². The minimum absolute atomic E-state index is 0.00764. The van der Waals surface area contributed by atoms with Gasteiger partial charge in [-0.25, -0.2) is 15.3 Å². The van der Waals surface area contributed by atoms with E-state index in [0.29, 0.717) is 0 Å². The van der Waals surface area contributed by atoms with Crippen molar-refractivity contribution in [2.75, 3.05) is 7.11 Å². The van der Waals surface area contributed by atoms with Crippen LogP contribution in [-0.2, 0) is 4.84 Å². The third-order valence-corrected chi connectivity index (χ3v) is 1.40. The Balaban J connectivity index is 2.93. The number of nitrogens with one attached hydrogen (secondary N) is 1. The zero-order valence-electron chi connectivity index (χ0n) is 7.35. The summed E-state index contributed by atoms with van der Waals surface area (Å²) in [5, 5.41) is 8.60. The molecule has 0 fully saturated rings. The minimum atomic E-state index is -1.18. The molecule has 1 rings (SSSR count). The number of hydroxylamine groups is 1. The Hall–Kier alpha value is -1.95. The molecule has 0 spiro atoms. The number of hydrogen-bond donors (Lipinski definition) is 2. The van der Waals surface area contributed by atoms with E-state index in [1.807, 2.05) is 5.48 Å². The number of amides is 1. The Morgan fingerprint density at radius 2 is 2.07 bits per heavy atom. The molecule has 0 bridgehead atoms. The fourth-order valence-electron chi connectivity index (χ4n) is 0.825. The van der Waals surface area contributed by atoms with Crippen LogP contribution in [0.15, 0.2) is 18.2 Å². The Morgan fingerprint density at radius 3 is 2.64 bits per heavy atom. The van der Waals surface area contributed by atoms with Crippen molar-refractivity contribution in [3.05, 3.63) is 29.6 Å². The molecule has 0 atom stereocenters. The van der Waals surface area contributed by atoms with E-state index < -0.39 is 11.9 Å². The van der Waals surface area contributed by atoms with Crippen molar-refractivity contribution in [3.8, 4) is 0 Å². The largest absolute Gasteiger partial charge is 0.477 e. The molecular weight excluding hydrogens is 188 g/mol. The normalized spacial score (nSPS) is 9.50. The maximum Gasteiger partial charge on any atom is 0.354 e. The Morgan fingerprint density at radius 1 is 1.43 bits per heavy atom. The second kappa shape index (κ2) is 4.33. The van der Waals surface area contributed by atoms with Gasteiger partial charge in [0.05, 0.1) is 7.11 Å². The van der Waals surface area contributed by atoms with Crippen molar-refractivity contribution in [1.29, 1.82) is 0 Å². The first kappa shape index (κ1) is 10.1. The topological polar surface area (TPSA) is 88.5 Å². The van der Waals surface area contributed by atoms with Crippen LogP contribution in [0.5, 0.6) is 0 Å². The summed E-state index contributed by atoms with van der Waals surface area (Å²) >= 11 is 0. The quantitative estimate of drug-likeness (QED) is 0.668. The maximum absolute atomic E-state index is 11.1. The van der Waals surface area contributed by atoms with Gasteiger partial charge in [0.1, 0.15) is 11.4 Å². The molecule has 0 unspecified atom stereocenters. The van der Waals surface area contributed by atoms with Crippen LogP contribution in [-0.4, -0.2) is 29.1 Å². The van der Waals surface area contributed by atoms with E-state index in [1.165, 1.54) is 25.3 Å². The summed E-state index contributed by atoms with van der Waals surface area (Å²) in [6.07, 6.45) is 0. The van der Waals surface area contributed by atoms with Crippen molar-refractivity contribution < 1.29 is 19.5 Å². The van der Waals surface area contributed by atoms with Gasteiger partial charge in [-0.2, -0.15) is 0 Å². The lowest BCUT2D eigenvalue weighted by Crippen LogP contribution is -2.23.